The number of ether oxygens (including phenoxy) is 1. The molecule has 5 heteroatoms. The van der Waals surface area contributed by atoms with Crippen molar-refractivity contribution >= 4 is 29.0 Å². The van der Waals surface area contributed by atoms with Gasteiger partial charge < -0.3 is 4.74 Å². The topological polar surface area (TPSA) is 50.1 Å². The number of fused-ring (bicyclic) bond motifs is 1. The molecule has 0 aliphatic heterocycles. The molecule has 162 valence electrons. The number of hydrogen-bond donors (Lipinski definition) is 0. The number of carbonyl (C=O) groups is 1. The quantitative estimate of drug-likeness (QED) is 0.432. The third kappa shape index (κ3) is 4.09. The Morgan fingerprint density at radius 1 is 1.16 bits per heavy atom. The van der Waals surface area contributed by atoms with Gasteiger partial charge in [0.2, 0.25) is 0 Å². The number of nitriles is 1. The van der Waals surface area contributed by atoms with Crippen LogP contribution in [0.5, 0.6) is 5.75 Å². The van der Waals surface area contributed by atoms with Gasteiger partial charge in [-0.15, -0.1) is 0 Å². The maximum absolute atomic E-state index is 13.7. The van der Waals surface area contributed by atoms with Crippen molar-refractivity contribution in [2.24, 2.45) is 11.3 Å². The van der Waals surface area contributed by atoms with Gasteiger partial charge in [-0.3, -0.25) is 4.79 Å². The molecular weight excluding hydrogens is 429 g/mol. The SMILES string of the molecule is CCCCC1(C2CCCC2)Cc2cc(OCc3ccc(C#N)cc3)c(Cl)c(Cl)c2C1=O. The Morgan fingerprint density at radius 3 is 2.52 bits per heavy atom. The maximum Gasteiger partial charge on any atom is 0.171 e. The molecule has 0 N–H and O–H groups in total. The summed E-state index contributed by atoms with van der Waals surface area (Å²) in [6.45, 7) is 2.49. The van der Waals surface area contributed by atoms with Crippen molar-refractivity contribution in [2.75, 3.05) is 0 Å². The Kier molecular flexibility index (Phi) is 6.60. The van der Waals surface area contributed by atoms with Gasteiger partial charge in [-0.1, -0.05) is 67.9 Å². The highest BCUT2D eigenvalue weighted by Crippen LogP contribution is 2.54. The van der Waals surface area contributed by atoms with Crippen molar-refractivity contribution in [2.45, 2.75) is 64.9 Å². The number of unbranched alkanes of at least 4 members (excludes halogenated alkanes) is 1. The molecule has 31 heavy (non-hydrogen) atoms. The number of halogens is 2. The lowest BCUT2D eigenvalue weighted by Crippen LogP contribution is -2.35. The van der Waals surface area contributed by atoms with Crippen molar-refractivity contribution in [3.05, 3.63) is 62.6 Å². The minimum absolute atomic E-state index is 0.188. The summed E-state index contributed by atoms with van der Waals surface area (Å²) in [5, 5.41) is 9.58. The summed E-state index contributed by atoms with van der Waals surface area (Å²) < 4.78 is 6.00. The van der Waals surface area contributed by atoms with Crippen LogP contribution in [-0.4, -0.2) is 5.78 Å². The first-order chi connectivity index (χ1) is 15.0. The van der Waals surface area contributed by atoms with E-state index in [9.17, 15) is 4.79 Å². The number of Topliss-reactive ketones (excluding diaryl/α,β-unsaturated/α-hetero) is 1. The van der Waals surface area contributed by atoms with Gasteiger partial charge in [0.15, 0.2) is 5.78 Å². The Bertz CT molecular complexity index is 1020. The number of hydrogen-bond acceptors (Lipinski definition) is 3. The Morgan fingerprint density at radius 2 is 1.87 bits per heavy atom. The molecule has 0 spiro atoms. The number of rotatable bonds is 7. The van der Waals surface area contributed by atoms with Gasteiger partial charge in [0, 0.05) is 11.0 Å². The van der Waals surface area contributed by atoms with Crippen molar-refractivity contribution in [1.82, 2.24) is 0 Å². The van der Waals surface area contributed by atoms with E-state index in [1.54, 1.807) is 12.1 Å². The number of nitrogens with zero attached hydrogens (tertiary/aromatic N) is 1. The Labute approximate surface area is 194 Å². The van der Waals surface area contributed by atoms with Crippen LogP contribution >= 0.6 is 23.2 Å². The van der Waals surface area contributed by atoms with E-state index in [0.29, 0.717) is 39.4 Å². The molecule has 1 atom stereocenters. The highest BCUT2D eigenvalue weighted by atomic mass is 35.5. The first-order valence-corrected chi connectivity index (χ1v) is 11.9. The van der Waals surface area contributed by atoms with Crippen LogP contribution in [0.25, 0.3) is 0 Å². The molecule has 1 saturated carbocycles. The molecule has 0 aromatic heterocycles. The molecule has 2 aliphatic carbocycles. The van der Waals surface area contributed by atoms with Gasteiger partial charge >= 0.3 is 0 Å². The first kappa shape index (κ1) is 22.2. The van der Waals surface area contributed by atoms with Crippen molar-refractivity contribution < 1.29 is 9.53 Å². The van der Waals surface area contributed by atoms with E-state index in [-0.39, 0.29) is 11.2 Å². The van der Waals surface area contributed by atoms with Crippen LogP contribution in [0.3, 0.4) is 0 Å². The number of carbonyl (C=O) groups excluding carboxylic acids is 1. The molecule has 1 fully saturated rings. The van der Waals surface area contributed by atoms with E-state index in [1.807, 2.05) is 18.2 Å². The van der Waals surface area contributed by atoms with E-state index in [2.05, 4.69) is 13.0 Å². The summed E-state index contributed by atoms with van der Waals surface area (Å²) in [5.74, 6) is 1.13. The summed E-state index contributed by atoms with van der Waals surface area (Å²) in [7, 11) is 0. The number of benzene rings is 2. The fourth-order valence-electron chi connectivity index (χ4n) is 5.35. The molecule has 4 rings (SSSR count). The van der Waals surface area contributed by atoms with Gasteiger partial charge in [0.25, 0.3) is 0 Å². The zero-order chi connectivity index (χ0) is 22.0. The summed E-state index contributed by atoms with van der Waals surface area (Å²) >= 11 is 13.2. The second-order valence-electron chi connectivity index (χ2n) is 8.88. The highest BCUT2D eigenvalue weighted by molar-refractivity contribution is 6.45. The Hall–Kier alpha value is -2.02. The molecule has 0 bridgehead atoms. The first-order valence-electron chi connectivity index (χ1n) is 11.2. The highest BCUT2D eigenvalue weighted by Gasteiger charge is 2.51. The molecule has 0 amide bonds. The fraction of sp³-hybridized carbons (Fsp3) is 0.462. The van der Waals surface area contributed by atoms with E-state index < -0.39 is 0 Å². The van der Waals surface area contributed by atoms with Crippen LogP contribution in [0, 0.1) is 22.7 Å². The van der Waals surface area contributed by atoms with E-state index in [0.717, 1.165) is 49.7 Å². The zero-order valence-electron chi connectivity index (χ0n) is 17.8. The smallest absolute Gasteiger partial charge is 0.171 e. The average Bonchev–Trinajstić information content (AvgIpc) is 3.42. The molecule has 3 nitrogen and oxygen atoms in total. The predicted octanol–water partition coefficient (Wildman–Crippen LogP) is 7.55. The summed E-state index contributed by atoms with van der Waals surface area (Å²) in [4.78, 5) is 13.7. The van der Waals surface area contributed by atoms with Crippen LogP contribution in [-0.2, 0) is 13.0 Å². The van der Waals surface area contributed by atoms with Crippen LogP contribution in [0.2, 0.25) is 10.0 Å². The molecule has 2 aromatic carbocycles. The Balaban J connectivity index is 1.62. The third-order valence-electron chi connectivity index (χ3n) is 7.03. The lowest BCUT2D eigenvalue weighted by Gasteiger charge is -2.34. The minimum Gasteiger partial charge on any atom is -0.487 e. The van der Waals surface area contributed by atoms with Gasteiger partial charge in [-0.05, 0) is 60.9 Å². The standard InChI is InChI=1S/C26H27Cl2NO2/c1-2-3-12-26(20-6-4-5-7-20)14-19-13-21(23(27)24(28)22(19)25(26)30)31-16-18-10-8-17(15-29)9-11-18/h8-11,13,20H,2-7,12,14,16H2,1H3. The zero-order valence-corrected chi connectivity index (χ0v) is 19.4. The molecule has 1 unspecified atom stereocenters. The summed E-state index contributed by atoms with van der Waals surface area (Å²) in [6.07, 6.45) is 8.42. The van der Waals surface area contributed by atoms with Crippen molar-refractivity contribution in [1.29, 1.82) is 5.26 Å². The van der Waals surface area contributed by atoms with Crippen LogP contribution in [0.15, 0.2) is 30.3 Å². The third-order valence-corrected chi connectivity index (χ3v) is 7.88. The molecule has 0 saturated heterocycles. The maximum atomic E-state index is 13.7. The average molecular weight is 456 g/mol. The van der Waals surface area contributed by atoms with E-state index in [1.165, 1.54) is 12.8 Å². The second-order valence-corrected chi connectivity index (χ2v) is 9.64. The van der Waals surface area contributed by atoms with Crippen molar-refractivity contribution in [3.8, 4) is 11.8 Å². The molecule has 0 radical (unpaired) electrons. The fourth-order valence-corrected chi connectivity index (χ4v) is 5.86. The number of ketones is 1. The van der Waals surface area contributed by atoms with E-state index >= 15 is 0 Å². The lowest BCUT2D eigenvalue weighted by atomic mass is 9.68. The second kappa shape index (κ2) is 9.23. The van der Waals surface area contributed by atoms with Gasteiger partial charge in [-0.25, -0.2) is 0 Å². The normalized spacial score (nSPS) is 20.6. The molecule has 2 aromatic rings. The monoisotopic (exact) mass is 455 g/mol. The lowest BCUT2D eigenvalue weighted by molar-refractivity contribution is 0.0671. The van der Waals surface area contributed by atoms with Gasteiger partial charge in [0.1, 0.15) is 17.4 Å². The van der Waals surface area contributed by atoms with Crippen LogP contribution in [0.4, 0.5) is 0 Å². The van der Waals surface area contributed by atoms with Crippen LogP contribution < -0.4 is 4.74 Å². The molecule has 0 heterocycles. The predicted molar refractivity (Wildman–Crippen MR) is 124 cm³/mol. The molecular formula is C26H27Cl2NO2. The summed E-state index contributed by atoms with van der Waals surface area (Å²) in [5.41, 5.74) is 2.79. The minimum atomic E-state index is -0.340. The van der Waals surface area contributed by atoms with E-state index in [4.69, 9.17) is 33.2 Å². The van der Waals surface area contributed by atoms with Gasteiger partial charge in [-0.2, -0.15) is 5.26 Å². The molecule has 2 aliphatic rings. The summed E-state index contributed by atoms with van der Waals surface area (Å²) in [6, 6.07) is 11.3. The van der Waals surface area contributed by atoms with Crippen molar-refractivity contribution in [3.63, 3.8) is 0 Å². The van der Waals surface area contributed by atoms with Crippen LogP contribution in [0.1, 0.15) is 78.9 Å². The largest absolute Gasteiger partial charge is 0.487 e. The van der Waals surface area contributed by atoms with Gasteiger partial charge in [0.05, 0.1) is 16.7 Å².